The first-order chi connectivity index (χ1) is 11.4. The second kappa shape index (κ2) is 7.58. The molecule has 1 aliphatic heterocycles. The lowest BCUT2D eigenvalue weighted by atomic mass is 10.1. The van der Waals surface area contributed by atoms with Gasteiger partial charge in [-0.2, -0.15) is 5.10 Å². The number of benzene rings is 1. The number of hydrazone groups is 1. The number of rotatable bonds is 5. The van der Waals surface area contributed by atoms with Crippen LogP contribution < -0.4 is 10.1 Å². The van der Waals surface area contributed by atoms with Crippen molar-refractivity contribution >= 4 is 29.1 Å². The molecule has 0 fully saturated rings. The number of hydrogen-bond acceptors (Lipinski definition) is 5. The second-order valence-electron chi connectivity index (χ2n) is 5.40. The van der Waals surface area contributed by atoms with E-state index < -0.39 is 0 Å². The minimum atomic E-state index is -0.362. The molecule has 8 heteroatoms. The van der Waals surface area contributed by atoms with Crippen molar-refractivity contribution in [3.05, 3.63) is 24.3 Å². The number of amides is 3. The Labute approximate surface area is 140 Å². The van der Waals surface area contributed by atoms with Gasteiger partial charge in [0.15, 0.2) is 0 Å². The van der Waals surface area contributed by atoms with Gasteiger partial charge in [0.25, 0.3) is 5.91 Å². The highest BCUT2D eigenvalue weighted by atomic mass is 16.5. The van der Waals surface area contributed by atoms with Crippen molar-refractivity contribution in [3.8, 4) is 5.75 Å². The molecule has 0 radical (unpaired) electrons. The Kier molecular flexibility index (Phi) is 5.51. The number of nitrogens with one attached hydrogen (secondary N) is 1. The van der Waals surface area contributed by atoms with Crippen molar-refractivity contribution in [2.24, 2.45) is 5.10 Å². The van der Waals surface area contributed by atoms with Crippen LogP contribution in [0.4, 0.5) is 5.69 Å². The zero-order valence-corrected chi connectivity index (χ0v) is 13.9. The third kappa shape index (κ3) is 4.31. The van der Waals surface area contributed by atoms with E-state index in [1.54, 1.807) is 31.4 Å². The number of carbonyl (C=O) groups excluding carboxylic acids is 3. The lowest BCUT2D eigenvalue weighted by molar-refractivity contribution is -0.131. The Morgan fingerprint density at radius 2 is 1.96 bits per heavy atom. The van der Waals surface area contributed by atoms with Crippen LogP contribution in [0, 0.1) is 0 Å². The quantitative estimate of drug-likeness (QED) is 0.859. The molecule has 0 saturated heterocycles. The molecule has 24 heavy (non-hydrogen) atoms. The Balaban J connectivity index is 1.92. The monoisotopic (exact) mass is 332 g/mol. The zero-order chi connectivity index (χ0) is 17.7. The molecule has 3 amide bonds. The summed E-state index contributed by atoms with van der Waals surface area (Å²) in [7, 11) is 4.59. The van der Waals surface area contributed by atoms with Crippen LogP contribution >= 0.6 is 0 Å². The van der Waals surface area contributed by atoms with Crippen molar-refractivity contribution in [2.45, 2.75) is 12.8 Å². The van der Waals surface area contributed by atoms with Crippen LogP contribution in [0.3, 0.4) is 0 Å². The largest absolute Gasteiger partial charge is 0.497 e. The Morgan fingerprint density at radius 3 is 2.54 bits per heavy atom. The molecule has 0 aliphatic carbocycles. The summed E-state index contributed by atoms with van der Waals surface area (Å²) in [4.78, 5) is 37.0. The summed E-state index contributed by atoms with van der Waals surface area (Å²) in [6, 6.07) is 6.89. The van der Waals surface area contributed by atoms with E-state index in [0.29, 0.717) is 11.4 Å². The van der Waals surface area contributed by atoms with Crippen LogP contribution in [0.1, 0.15) is 12.8 Å². The second-order valence-corrected chi connectivity index (χ2v) is 5.40. The van der Waals surface area contributed by atoms with Crippen molar-refractivity contribution < 1.29 is 19.1 Å². The summed E-state index contributed by atoms with van der Waals surface area (Å²) >= 11 is 0. The molecule has 0 unspecified atom stereocenters. The number of methoxy groups -OCH3 is 1. The SMILES string of the molecule is COc1ccc(NC(=O)CN(C)C(=O)C2=NN(C)C(=O)CC2)cc1. The normalized spacial score (nSPS) is 14.0. The maximum atomic E-state index is 12.3. The summed E-state index contributed by atoms with van der Waals surface area (Å²) in [6.45, 7) is -0.110. The maximum absolute atomic E-state index is 12.3. The third-order valence-corrected chi connectivity index (χ3v) is 3.56. The predicted molar refractivity (Wildman–Crippen MR) is 88.7 cm³/mol. The van der Waals surface area contributed by atoms with E-state index >= 15 is 0 Å². The van der Waals surface area contributed by atoms with Gasteiger partial charge in [-0.3, -0.25) is 14.4 Å². The van der Waals surface area contributed by atoms with Gasteiger partial charge < -0.3 is 15.0 Å². The minimum absolute atomic E-state index is 0.110. The van der Waals surface area contributed by atoms with E-state index in [4.69, 9.17) is 4.74 Å². The molecule has 8 nitrogen and oxygen atoms in total. The van der Waals surface area contributed by atoms with E-state index in [9.17, 15) is 14.4 Å². The predicted octanol–water partition coefficient (Wildman–Crippen LogP) is 0.700. The lowest BCUT2D eigenvalue weighted by Gasteiger charge is -2.22. The fourth-order valence-electron chi connectivity index (χ4n) is 2.21. The van der Waals surface area contributed by atoms with Gasteiger partial charge in [0.05, 0.1) is 13.7 Å². The van der Waals surface area contributed by atoms with E-state index in [1.807, 2.05) is 0 Å². The summed E-state index contributed by atoms with van der Waals surface area (Å²) in [6.07, 6.45) is 0.527. The van der Waals surface area contributed by atoms with Crippen LogP contribution in [0.2, 0.25) is 0 Å². The molecule has 0 saturated carbocycles. The third-order valence-electron chi connectivity index (χ3n) is 3.56. The van der Waals surface area contributed by atoms with Crippen molar-refractivity contribution in [2.75, 3.05) is 33.1 Å². The molecule has 0 aromatic heterocycles. The van der Waals surface area contributed by atoms with Crippen LogP contribution in [0.5, 0.6) is 5.75 Å². The van der Waals surface area contributed by atoms with Crippen LogP contribution in [-0.4, -0.2) is 61.1 Å². The summed E-state index contributed by atoms with van der Waals surface area (Å²) in [5, 5.41) is 7.82. The highest BCUT2D eigenvalue weighted by Gasteiger charge is 2.25. The van der Waals surface area contributed by atoms with E-state index in [1.165, 1.54) is 19.0 Å². The van der Waals surface area contributed by atoms with E-state index in [2.05, 4.69) is 10.4 Å². The number of hydrogen-bond donors (Lipinski definition) is 1. The van der Waals surface area contributed by atoms with Gasteiger partial charge >= 0.3 is 0 Å². The molecule has 2 rings (SSSR count). The van der Waals surface area contributed by atoms with Crippen LogP contribution in [0.15, 0.2) is 29.4 Å². The molecule has 128 valence electrons. The van der Waals surface area contributed by atoms with Gasteiger partial charge in [0.2, 0.25) is 11.8 Å². The first-order valence-electron chi connectivity index (χ1n) is 7.44. The van der Waals surface area contributed by atoms with Gasteiger partial charge in [0, 0.05) is 32.6 Å². The number of nitrogens with zero attached hydrogens (tertiary/aromatic N) is 3. The minimum Gasteiger partial charge on any atom is -0.497 e. The molecule has 1 aromatic rings. The van der Waals surface area contributed by atoms with Gasteiger partial charge in [-0.05, 0) is 24.3 Å². The van der Waals surface area contributed by atoms with Crippen LogP contribution in [-0.2, 0) is 14.4 Å². The fourth-order valence-corrected chi connectivity index (χ4v) is 2.21. The first kappa shape index (κ1) is 17.5. The molecular formula is C16H20N4O4. The lowest BCUT2D eigenvalue weighted by Crippen LogP contribution is -2.41. The first-order valence-corrected chi connectivity index (χ1v) is 7.44. The molecule has 1 aromatic carbocycles. The average molecular weight is 332 g/mol. The van der Waals surface area contributed by atoms with E-state index in [0.717, 1.165) is 5.01 Å². The van der Waals surface area contributed by atoms with Gasteiger partial charge in [-0.1, -0.05) is 0 Å². The van der Waals surface area contributed by atoms with Crippen molar-refractivity contribution in [1.29, 1.82) is 0 Å². The number of likely N-dealkylation sites (N-methyl/N-ethyl adjacent to an activating group) is 1. The molecule has 1 aliphatic rings. The molecule has 1 heterocycles. The number of carbonyl (C=O) groups is 3. The number of anilines is 1. The highest BCUT2D eigenvalue weighted by Crippen LogP contribution is 2.15. The zero-order valence-electron chi connectivity index (χ0n) is 13.9. The summed E-state index contributed by atoms with van der Waals surface area (Å²) in [5.41, 5.74) is 0.888. The fraction of sp³-hybridized carbons (Fsp3) is 0.375. The molecule has 1 N–H and O–H groups in total. The topological polar surface area (TPSA) is 91.3 Å². The van der Waals surface area contributed by atoms with Crippen molar-refractivity contribution in [1.82, 2.24) is 9.91 Å². The summed E-state index contributed by atoms with van der Waals surface area (Å²) < 4.78 is 5.05. The van der Waals surface area contributed by atoms with E-state index in [-0.39, 0.29) is 42.8 Å². The Bertz CT molecular complexity index is 669. The summed E-state index contributed by atoms with van der Waals surface area (Å²) in [5.74, 6) is -0.128. The molecular weight excluding hydrogens is 312 g/mol. The van der Waals surface area contributed by atoms with Crippen LogP contribution in [0.25, 0.3) is 0 Å². The number of ether oxygens (including phenoxy) is 1. The van der Waals surface area contributed by atoms with Gasteiger partial charge in [-0.25, -0.2) is 5.01 Å². The molecule has 0 atom stereocenters. The standard InChI is InChI=1S/C16H20N4O4/c1-19(16(23)13-8-9-15(22)20(2)18-13)10-14(21)17-11-4-6-12(24-3)7-5-11/h4-7H,8-10H2,1-3H3,(H,17,21). The van der Waals surface area contributed by atoms with Crippen molar-refractivity contribution in [3.63, 3.8) is 0 Å². The smallest absolute Gasteiger partial charge is 0.270 e. The average Bonchev–Trinajstić information content (AvgIpc) is 2.57. The van der Waals surface area contributed by atoms with Gasteiger partial charge in [-0.15, -0.1) is 0 Å². The molecule has 0 spiro atoms. The Hall–Kier alpha value is -2.90. The highest BCUT2D eigenvalue weighted by molar-refractivity contribution is 6.39. The maximum Gasteiger partial charge on any atom is 0.270 e. The van der Waals surface area contributed by atoms with Gasteiger partial charge in [0.1, 0.15) is 11.5 Å². The Morgan fingerprint density at radius 1 is 1.29 bits per heavy atom. The molecule has 0 bridgehead atoms.